The molecule has 0 bridgehead atoms. The molecule has 9 heteroatoms. The molecule has 2 amide bonds. The summed E-state index contributed by atoms with van der Waals surface area (Å²) >= 11 is 0. The highest BCUT2D eigenvalue weighted by Gasteiger charge is 2.28. The second kappa shape index (κ2) is 10.2. The van der Waals surface area contributed by atoms with Crippen molar-refractivity contribution in [2.24, 2.45) is 0 Å². The van der Waals surface area contributed by atoms with Gasteiger partial charge in [0, 0.05) is 6.54 Å². The molecule has 0 aliphatic rings. The number of benzene rings is 2. The fraction of sp³-hybridized carbons (Fsp3) is 0.263. The number of alkyl halides is 3. The average molecular weight is 396 g/mol. The molecule has 0 heterocycles. The summed E-state index contributed by atoms with van der Waals surface area (Å²) < 4.78 is 46.1. The number of para-hydroxylation sites is 1. The Kier molecular flexibility index (Phi) is 7.67. The number of rotatable bonds is 9. The van der Waals surface area contributed by atoms with E-state index >= 15 is 0 Å². The molecule has 0 atom stereocenters. The zero-order valence-electron chi connectivity index (χ0n) is 14.8. The number of amides is 2. The Hall–Kier alpha value is -3.23. The van der Waals surface area contributed by atoms with E-state index in [4.69, 9.17) is 4.74 Å². The summed E-state index contributed by atoms with van der Waals surface area (Å²) in [5.41, 5.74) is 0.673. The minimum Gasteiger partial charge on any atom is -0.484 e. The van der Waals surface area contributed by atoms with Crippen LogP contribution in [0.2, 0.25) is 0 Å². The van der Waals surface area contributed by atoms with Gasteiger partial charge in [-0.1, -0.05) is 30.3 Å². The van der Waals surface area contributed by atoms with Crippen molar-refractivity contribution in [2.75, 3.05) is 19.8 Å². The van der Waals surface area contributed by atoms with Crippen molar-refractivity contribution in [1.82, 2.24) is 10.6 Å². The van der Waals surface area contributed by atoms with Crippen molar-refractivity contribution in [3.05, 3.63) is 60.2 Å². The number of hydrogen-bond donors (Lipinski definition) is 2. The smallest absolute Gasteiger partial charge is 0.422 e. The molecule has 0 fully saturated rings. The van der Waals surface area contributed by atoms with Crippen LogP contribution in [0.4, 0.5) is 13.2 Å². The fourth-order valence-corrected chi connectivity index (χ4v) is 2.03. The maximum atomic E-state index is 12.1. The van der Waals surface area contributed by atoms with Crippen molar-refractivity contribution in [2.45, 2.75) is 12.7 Å². The SMILES string of the molecule is O=C(CNC(=O)COc1ccccc1)NCc1ccc(OCC(F)(F)F)cc1. The van der Waals surface area contributed by atoms with E-state index in [9.17, 15) is 22.8 Å². The summed E-state index contributed by atoms with van der Waals surface area (Å²) in [5.74, 6) is -0.224. The van der Waals surface area contributed by atoms with Gasteiger partial charge in [-0.05, 0) is 29.8 Å². The van der Waals surface area contributed by atoms with E-state index in [1.807, 2.05) is 6.07 Å². The molecule has 6 nitrogen and oxygen atoms in total. The van der Waals surface area contributed by atoms with Gasteiger partial charge in [0.15, 0.2) is 13.2 Å². The molecule has 2 rings (SSSR count). The molecular formula is C19H19F3N2O4. The van der Waals surface area contributed by atoms with Gasteiger partial charge in [-0.3, -0.25) is 9.59 Å². The van der Waals surface area contributed by atoms with E-state index in [1.165, 1.54) is 24.3 Å². The lowest BCUT2D eigenvalue weighted by Crippen LogP contribution is -2.38. The molecule has 0 radical (unpaired) electrons. The lowest BCUT2D eigenvalue weighted by atomic mass is 10.2. The first-order valence-electron chi connectivity index (χ1n) is 8.31. The Morgan fingerprint density at radius 2 is 1.46 bits per heavy atom. The van der Waals surface area contributed by atoms with Crippen LogP contribution in [0.5, 0.6) is 11.5 Å². The second-order valence-electron chi connectivity index (χ2n) is 5.70. The Labute approximate surface area is 159 Å². The number of carbonyl (C=O) groups excluding carboxylic acids is 2. The van der Waals surface area contributed by atoms with Crippen LogP contribution in [0.1, 0.15) is 5.56 Å². The van der Waals surface area contributed by atoms with E-state index < -0.39 is 24.6 Å². The van der Waals surface area contributed by atoms with Gasteiger partial charge in [-0.15, -0.1) is 0 Å². The predicted octanol–water partition coefficient (Wildman–Crippen LogP) is 2.44. The summed E-state index contributed by atoms with van der Waals surface area (Å²) in [6, 6.07) is 14.6. The third-order valence-corrected chi connectivity index (χ3v) is 3.37. The van der Waals surface area contributed by atoms with E-state index in [0.29, 0.717) is 11.3 Å². The van der Waals surface area contributed by atoms with Crippen molar-refractivity contribution >= 4 is 11.8 Å². The number of carbonyl (C=O) groups is 2. The molecule has 0 spiro atoms. The van der Waals surface area contributed by atoms with Crippen LogP contribution >= 0.6 is 0 Å². The standard InChI is InChI=1S/C19H19F3N2O4/c20-19(21,22)13-28-16-8-6-14(7-9-16)10-23-17(25)11-24-18(26)12-27-15-4-2-1-3-5-15/h1-9H,10-13H2,(H,23,25)(H,24,26). The van der Waals surface area contributed by atoms with Crippen LogP contribution in [0.25, 0.3) is 0 Å². The van der Waals surface area contributed by atoms with Crippen molar-refractivity contribution < 1.29 is 32.2 Å². The van der Waals surface area contributed by atoms with E-state index in [1.54, 1.807) is 24.3 Å². The fourth-order valence-electron chi connectivity index (χ4n) is 2.03. The summed E-state index contributed by atoms with van der Waals surface area (Å²) in [6.45, 7) is -1.63. The zero-order chi connectivity index (χ0) is 20.4. The third-order valence-electron chi connectivity index (χ3n) is 3.37. The maximum Gasteiger partial charge on any atom is 0.422 e. The molecule has 2 aromatic carbocycles. The van der Waals surface area contributed by atoms with Crippen molar-refractivity contribution in [1.29, 1.82) is 0 Å². The van der Waals surface area contributed by atoms with Gasteiger partial charge in [0.25, 0.3) is 5.91 Å². The molecule has 0 aliphatic heterocycles. The van der Waals surface area contributed by atoms with E-state index in [-0.39, 0.29) is 25.4 Å². The Balaban J connectivity index is 1.64. The molecule has 0 saturated carbocycles. The first kappa shape index (κ1) is 21.1. The van der Waals surface area contributed by atoms with Crippen LogP contribution in [0, 0.1) is 0 Å². The number of ether oxygens (including phenoxy) is 2. The van der Waals surface area contributed by atoms with Crippen LogP contribution < -0.4 is 20.1 Å². The Bertz CT molecular complexity index is 765. The quantitative estimate of drug-likeness (QED) is 0.683. The molecule has 0 aromatic heterocycles. The van der Waals surface area contributed by atoms with Gasteiger partial charge in [-0.25, -0.2) is 0 Å². The molecule has 28 heavy (non-hydrogen) atoms. The van der Waals surface area contributed by atoms with Crippen molar-refractivity contribution in [3.8, 4) is 11.5 Å². The highest BCUT2D eigenvalue weighted by molar-refractivity contribution is 5.85. The van der Waals surface area contributed by atoms with Gasteiger partial charge in [0.1, 0.15) is 11.5 Å². The summed E-state index contributed by atoms with van der Waals surface area (Å²) in [6.07, 6.45) is -4.40. The van der Waals surface area contributed by atoms with Gasteiger partial charge in [0.2, 0.25) is 5.91 Å². The highest BCUT2D eigenvalue weighted by atomic mass is 19.4. The third kappa shape index (κ3) is 8.43. The molecule has 0 saturated heterocycles. The molecule has 150 valence electrons. The lowest BCUT2D eigenvalue weighted by molar-refractivity contribution is -0.153. The predicted molar refractivity (Wildman–Crippen MR) is 94.8 cm³/mol. The van der Waals surface area contributed by atoms with Gasteiger partial charge < -0.3 is 20.1 Å². The van der Waals surface area contributed by atoms with E-state index in [0.717, 1.165) is 0 Å². The molecule has 0 unspecified atom stereocenters. The van der Waals surface area contributed by atoms with Gasteiger partial charge in [-0.2, -0.15) is 13.2 Å². The number of hydrogen-bond acceptors (Lipinski definition) is 4. The monoisotopic (exact) mass is 396 g/mol. The van der Waals surface area contributed by atoms with Gasteiger partial charge in [0.05, 0.1) is 6.54 Å². The van der Waals surface area contributed by atoms with Crippen LogP contribution in [-0.2, 0) is 16.1 Å². The second-order valence-corrected chi connectivity index (χ2v) is 5.70. The summed E-state index contributed by atoms with van der Waals surface area (Å²) in [5, 5.41) is 5.01. The number of halogens is 3. The zero-order valence-corrected chi connectivity index (χ0v) is 14.8. The van der Waals surface area contributed by atoms with E-state index in [2.05, 4.69) is 15.4 Å². The first-order chi connectivity index (χ1) is 13.3. The normalized spacial score (nSPS) is 10.8. The largest absolute Gasteiger partial charge is 0.484 e. The van der Waals surface area contributed by atoms with Crippen LogP contribution in [0.15, 0.2) is 54.6 Å². The van der Waals surface area contributed by atoms with Crippen LogP contribution in [-0.4, -0.2) is 37.7 Å². The molecule has 2 aromatic rings. The average Bonchev–Trinajstić information content (AvgIpc) is 2.68. The first-order valence-corrected chi connectivity index (χ1v) is 8.31. The summed E-state index contributed by atoms with van der Waals surface area (Å²) in [7, 11) is 0. The molecule has 2 N–H and O–H groups in total. The Morgan fingerprint density at radius 3 is 2.11 bits per heavy atom. The van der Waals surface area contributed by atoms with Crippen LogP contribution in [0.3, 0.4) is 0 Å². The summed E-state index contributed by atoms with van der Waals surface area (Å²) in [4.78, 5) is 23.4. The van der Waals surface area contributed by atoms with Gasteiger partial charge >= 0.3 is 6.18 Å². The molecule has 0 aliphatic carbocycles. The highest BCUT2D eigenvalue weighted by Crippen LogP contribution is 2.18. The minimum absolute atomic E-state index is 0.0816. The maximum absolute atomic E-state index is 12.1. The Morgan fingerprint density at radius 1 is 0.821 bits per heavy atom. The number of nitrogens with one attached hydrogen (secondary N) is 2. The topological polar surface area (TPSA) is 76.7 Å². The van der Waals surface area contributed by atoms with Crippen molar-refractivity contribution in [3.63, 3.8) is 0 Å². The lowest BCUT2D eigenvalue weighted by Gasteiger charge is -2.10. The minimum atomic E-state index is -4.40. The molecular weight excluding hydrogens is 377 g/mol.